The lowest BCUT2D eigenvalue weighted by molar-refractivity contribution is -0.134. The van der Waals surface area contributed by atoms with Gasteiger partial charge in [0, 0.05) is 39.1 Å². The lowest BCUT2D eigenvalue weighted by atomic mass is 9.84. The van der Waals surface area contributed by atoms with Gasteiger partial charge in [-0.05, 0) is 32.1 Å². The van der Waals surface area contributed by atoms with Gasteiger partial charge in [-0.1, -0.05) is 19.3 Å². The van der Waals surface area contributed by atoms with Gasteiger partial charge in [0.05, 0.1) is 5.60 Å². The summed E-state index contributed by atoms with van der Waals surface area (Å²) in [5.41, 5.74) is -0.499. The van der Waals surface area contributed by atoms with Crippen LogP contribution in [-0.4, -0.2) is 71.1 Å². The topological polar surface area (TPSA) is 72.9 Å². The Morgan fingerprint density at radius 1 is 1.21 bits per heavy atom. The zero-order valence-corrected chi connectivity index (χ0v) is 14.8. The lowest BCUT2D eigenvalue weighted by Gasteiger charge is -2.40. The van der Waals surface area contributed by atoms with Gasteiger partial charge in [0.25, 0.3) is 0 Å². The lowest BCUT2D eigenvalue weighted by Crippen LogP contribution is -2.52. The fourth-order valence-corrected chi connectivity index (χ4v) is 4.43. The molecule has 3 aliphatic rings. The van der Waals surface area contributed by atoms with Crippen LogP contribution in [0.3, 0.4) is 0 Å². The second-order valence-electron chi connectivity index (χ2n) is 7.90. The van der Waals surface area contributed by atoms with Crippen LogP contribution in [0, 0.1) is 0 Å². The van der Waals surface area contributed by atoms with Crippen molar-refractivity contribution in [3.8, 4) is 0 Å². The van der Waals surface area contributed by atoms with Gasteiger partial charge in [-0.25, -0.2) is 0 Å². The highest BCUT2D eigenvalue weighted by Gasteiger charge is 2.36. The second kappa shape index (κ2) is 7.40. The van der Waals surface area contributed by atoms with Crippen LogP contribution in [0.2, 0.25) is 0 Å². The number of likely N-dealkylation sites (N-methyl/N-ethyl adjacent to an activating group) is 1. The van der Waals surface area contributed by atoms with Crippen molar-refractivity contribution in [3.05, 3.63) is 0 Å². The molecular weight excluding hydrogens is 306 g/mol. The molecule has 1 saturated carbocycles. The highest BCUT2D eigenvalue weighted by Crippen LogP contribution is 2.29. The number of nitrogens with zero attached hydrogens (tertiary/aromatic N) is 2. The number of piperidine rings is 1. The third kappa shape index (κ3) is 4.09. The number of rotatable bonds is 4. The molecule has 0 aromatic carbocycles. The summed E-state index contributed by atoms with van der Waals surface area (Å²) < 4.78 is 0. The van der Waals surface area contributed by atoms with E-state index in [2.05, 4.69) is 10.2 Å². The Labute approximate surface area is 144 Å². The van der Waals surface area contributed by atoms with Gasteiger partial charge in [0.15, 0.2) is 0 Å². The number of nitrogens with one attached hydrogen (secondary N) is 1. The number of aliphatic hydroxyl groups is 1. The molecule has 6 heteroatoms. The van der Waals surface area contributed by atoms with Gasteiger partial charge in [0.2, 0.25) is 11.8 Å². The summed E-state index contributed by atoms with van der Waals surface area (Å²) in [6.45, 7) is 2.62. The minimum Gasteiger partial charge on any atom is -0.389 e. The van der Waals surface area contributed by atoms with Gasteiger partial charge in [-0.2, -0.15) is 0 Å². The smallest absolute Gasteiger partial charge is 0.243 e. The van der Waals surface area contributed by atoms with Gasteiger partial charge in [0.1, 0.15) is 6.04 Å². The SMILES string of the molecule is CN1C(=O)CCC1C(=O)NC1CCN(CC2(O)CCCCC2)CC1. The molecule has 0 spiro atoms. The largest absolute Gasteiger partial charge is 0.389 e. The van der Waals surface area contributed by atoms with Crippen molar-refractivity contribution in [2.45, 2.75) is 75.5 Å². The van der Waals surface area contributed by atoms with Crippen LogP contribution in [0.4, 0.5) is 0 Å². The van der Waals surface area contributed by atoms with Crippen molar-refractivity contribution < 1.29 is 14.7 Å². The minimum absolute atomic E-state index is 0.00675. The van der Waals surface area contributed by atoms with Crippen LogP contribution in [0.15, 0.2) is 0 Å². The number of hydrogen-bond donors (Lipinski definition) is 2. The maximum atomic E-state index is 12.4. The Hall–Kier alpha value is -1.14. The van der Waals surface area contributed by atoms with Gasteiger partial charge in [-0.15, -0.1) is 0 Å². The van der Waals surface area contributed by atoms with Crippen LogP contribution < -0.4 is 5.32 Å². The first-order chi connectivity index (χ1) is 11.5. The van der Waals surface area contributed by atoms with E-state index in [1.807, 2.05) is 0 Å². The first kappa shape index (κ1) is 17.7. The molecule has 2 amide bonds. The van der Waals surface area contributed by atoms with Crippen molar-refractivity contribution in [3.63, 3.8) is 0 Å². The monoisotopic (exact) mass is 337 g/mol. The number of hydrogen-bond acceptors (Lipinski definition) is 4. The van der Waals surface area contributed by atoms with Gasteiger partial charge in [-0.3, -0.25) is 9.59 Å². The summed E-state index contributed by atoms with van der Waals surface area (Å²) in [4.78, 5) is 27.8. The maximum Gasteiger partial charge on any atom is 0.243 e. The van der Waals surface area contributed by atoms with Crippen molar-refractivity contribution in [2.75, 3.05) is 26.7 Å². The normalized spacial score (nSPS) is 29.0. The van der Waals surface area contributed by atoms with Crippen LogP contribution in [0.25, 0.3) is 0 Å². The fraction of sp³-hybridized carbons (Fsp3) is 0.889. The van der Waals surface area contributed by atoms with E-state index < -0.39 is 5.60 Å². The molecule has 3 fully saturated rings. The summed E-state index contributed by atoms with van der Waals surface area (Å²) in [6.07, 6.45) is 8.32. The van der Waals surface area contributed by atoms with Crippen molar-refractivity contribution >= 4 is 11.8 Å². The summed E-state index contributed by atoms with van der Waals surface area (Å²) in [5, 5.41) is 13.8. The Balaban J connectivity index is 1.42. The Morgan fingerprint density at radius 3 is 2.46 bits per heavy atom. The predicted molar refractivity (Wildman–Crippen MR) is 91.4 cm³/mol. The fourth-order valence-electron chi connectivity index (χ4n) is 4.43. The van der Waals surface area contributed by atoms with E-state index in [0.29, 0.717) is 12.8 Å². The van der Waals surface area contributed by atoms with E-state index in [1.54, 1.807) is 11.9 Å². The molecular formula is C18H31N3O3. The second-order valence-corrected chi connectivity index (χ2v) is 7.90. The third-order valence-electron chi connectivity index (χ3n) is 6.03. The molecule has 136 valence electrons. The number of β-amino-alcohol motifs (C(OH)–C–C–N with tert-alkyl or cyclic N) is 1. The molecule has 0 aromatic heterocycles. The number of carbonyl (C=O) groups excluding carboxylic acids is 2. The summed E-state index contributed by atoms with van der Waals surface area (Å²) in [5.74, 6) is 0.0541. The van der Waals surface area contributed by atoms with Crippen molar-refractivity contribution in [1.29, 1.82) is 0 Å². The predicted octanol–water partition coefficient (Wildman–Crippen LogP) is 0.883. The molecule has 1 unspecified atom stereocenters. The zero-order valence-electron chi connectivity index (χ0n) is 14.8. The number of amides is 2. The zero-order chi connectivity index (χ0) is 17.2. The molecule has 0 bridgehead atoms. The van der Waals surface area contributed by atoms with Crippen LogP contribution in [0.1, 0.15) is 57.8 Å². The quantitative estimate of drug-likeness (QED) is 0.799. The third-order valence-corrected chi connectivity index (χ3v) is 6.03. The molecule has 0 radical (unpaired) electrons. The number of likely N-dealkylation sites (tertiary alicyclic amines) is 2. The van der Waals surface area contributed by atoms with Crippen molar-refractivity contribution in [2.24, 2.45) is 0 Å². The molecule has 2 heterocycles. The van der Waals surface area contributed by atoms with Crippen LogP contribution >= 0.6 is 0 Å². The standard InChI is InChI=1S/C18H31N3O3/c1-20-15(5-6-16(20)22)17(23)19-14-7-11-21(12-8-14)13-18(24)9-3-2-4-10-18/h14-15,24H,2-13H2,1H3,(H,19,23). The first-order valence-corrected chi connectivity index (χ1v) is 9.48. The molecule has 2 N–H and O–H groups in total. The highest BCUT2D eigenvalue weighted by molar-refractivity contribution is 5.90. The number of carbonyl (C=O) groups is 2. The Morgan fingerprint density at radius 2 is 1.88 bits per heavy atom. The molecule has 6 nitrogen and oxygen atoms in total. The molecule has 2 aliphatic heterocycles. The molecule has 3 rings (SSSR count). The van der Waals surface area contributed by atoms with E-state index >= 15 is 0 Å². The van der Waals surface area contributed by atoms with Gasteiger partial charge < -0.3 is 20.2 Å². The Kier molecular flexibility index (Phi) is 5.45. The minimum atomic E-state index is -0.499. The van der Waals surface area contributed by atoms with Crippen LogP contribution in [-0.2, 0) is 9.59 Å². The van der Waals surface area contributed by atoms with Crippen LogP contribution in [0.5, 0.6) is 0 Å². The van der Waals surface area contributed by atoms with E-state index in [1.165, 1.54) is 6.42 Å². The van der Waals surface area contributed by atoms with Gasteiger partial charge >= 0.3 is 0 Å². The van der Waals surface area contributed by atoms with E-state index in [-0.39, 0.29) is 23.9 Å². The molecule has 1 aliphatic carbocycles. The average Bonchev–Trinajstić information content (AvgIpc) is 2.89. The molecule has 24 heavy (non-hydrogen) atoms. The first-order valence-electron chi connectivity index (χ1n) is 9.48. The average molecular weight is 337 g/mol. The summed E-state index contributed by atoms with van der Waals surface area (Å²) >= 11 is 0. The Bertz CT molecular complexity index is 468. The van der Waals surface area contributed by atoms with E-state index in [0.717, 1.165) is 58.2 Å². The molecule has 0 aromatic rings. The maximum absolute atomic E-state index is 12.4. The van der Waals surface area contributed by atoms with E-state index in [9.17, 15) is 14.7 Å². The molecule has 2 saturated heterocycles. The summed E-state index contributed by atoms with van der Waals surface area (Å²) in [7, 11) is 1.72. The van der Waals surface area contributed by atoms with E-state index in [4.69, 9.17) is 0 Å². The summed E-state index contributed by atoms with van der Waals surface area (Å²) in [6, 6.07) is -0.0997. The van der Waals surface area contributed by atoms with Crippen molar-refractivity contribution in [1.82, 2.24) is 15.1 Å². The molecule has 1 atom stereocenters. The highest BCUT2D eigenvalue weighted by atomic mass is 16.3.